The van der Waals surface area contributed by atoms with Gasteiger partial charge in [0, 0.05) is 21.3 Å². The Hall–Kier alpha value is -1.58. The van der Waals surface area contributed by atoms with Crippen LogP contribution in [0.5, 0.6) is 0 Å². The molecule has 1 aliphatic heterocycles. The molecule has 1 aromatic heterocycles. The molecule has 1 fully saturated rings. The van der Waals surface area contributed by atoms with Gasteiger partial charge in [0.25, 0.3) is 0 Å². The van der Waals surface area contributed by atoms with E-state index in [0.717, 1.165) is 15.2 Å². The van der Waals surface area contributed by atoms with E-state index in [2.05, 4.69) is 31.5 Å². The van der Waals surface area contributed by atoms with Crippen LogP contribution >= 0.6 is 39.0 Å². The molecule has 1 aliphatic rings. The van der Waals surface area contributed by atoms with E-state index in [4.69, 9.17) is 0 Å². The van der Waals surface area contributed by atoms with Gasteiger partial charge in [-0.15, -0.1) is 23.1 Å². The van der Waals surface area contributed by atoms with E-state index in [-0.39, 0.29) is 11.9 Å². The molecular weight excluding hydrogens is 424 g/mol. The van der Waals surface area contributed by atoms with Gasteiger partial charge in [0.1, 0.15) is 6.04 Å². The Morgan fingerprint density at radius 3 is 3.00 bits per heavy atom. The molecular formula is C16H17BrN4O2S2. The van der Waals surface area contributed by atoms with Crippen molar-refractivity contribution in [1.82, 2.24) is 15.2 Å². The summed E-state index contributed by atoms with van der Waals surface area (Å²) in [5, 5.41) is 8.61. The molecule has 3 rings (SSSR count). The minimum absolute atomic E-state index is 0.153. The molecule has 0 bridgehead atoms. The molecule has 2 N–H and O–H groups in total. The maximum atomic E-state index is 12.5. The van der Waals surface area contributed by atoms with Crippen molar-refractivity contribution < 1.29 is 9.59 Å². The normalized spacial score (nSPS) is 16.7. The molecule has 2 aromatic rings. The lowest BCUT2D eigenvalue weighted by molar-refractivity contribution is -0.124. The number of thiazole rings is 1. The number of urea groups is 1. The molecule has 9 heteroatoms. The van der Waals surface area contributed by atoms with Crippen molar-refractivity contribution in [2.75, 3.05) is 16.9 Å². The Bertz CT molecular complexity index is 783. The van der Waals surface area contributed by atoms with Gasteiger partial charge in [-0.1, -0.05) is 22.0 Å². The predicted octanol–water partition coefficient (Wildman–Crippen LogP) is 3.44. The van der Waals surface area contributed by atoms with Crippen molar-refractivity contribution in [3.63, 3.8) is 0 Å². The van der Waals surface area contributed by atoms with E-state index >= 15 is 0 Å². The highest BCUT2D eigenvalue weighted by Gasteiger charge is 2.34. The van der Waals surface area contributed by atoms with Crippen molar-refractivity contribution >= 4 is 56.7 Å². The number of carbonyl (C=O) groups is 2. The summed E-state index contributed by atoms with van der Waals surface area (Å²) in [6, 6.07) is 6.62. The van der Waals surface area contributed by atoms with Crippen LogP contribution in [0.3, 0.4) is 0 Å². The van der Waals surface area contributed by atoms with Gasteiger partial charge >= 0.3 is 6.03 Å². The Morgan fingerprint density at radius 2 is 2.28 bits per heavy atom. The predicted molar refractivity (Wildman–Crippen MR) is 105 cm³/mol. The summed E-state index contributed by atoms with van der Waals surface area (Å²) in [4.78, 5) is 30.9. The molecule has 0 radical (unpaired) electrons. The van der Waals surface area contributed by atoms with Crippen LogP contribution in [0.4, 0.5) is 10.5 Å². The zero-order chi connectivity index (χ0) is 17.8. The fourth-order valence-electron chi connectivity index (χ4n) is 2.41. The lowest BCUT2D eigenvalue weighted by Crippen LogP contribution is -2.48. The highest BCUT2D eigenvalue weighted by molar-refractivity contribution is 9.10. The minimum Gasteiger partial charge on any atom is -0.349 e. The highest BCUT2D eigenvalue weighted by atomic mass is 79.9. The van der Waals surface area contributed by atoms with E-state index in [1.807, 2.05) is 36.6 Å². The maximum Gasteiger partial charge on any atom is 0.323 e. The number of hydrogen-bond acceptors (Lipinski definition) is 5. The smallest absolute Gasteiger partial charge is 0.323 e. The van der Waals surface area contributed by atoms with Crippen molar-refractivity contribution in [3.8, 4) is 0 Å². The summed E-state index contributed by atoms with van der Waals surface area (Å²) in [6.07, 6.45) is 0. The number of nitrogens with one attached hydrogen (secondary N) is 2. The number of rotatable bonds is 4. The SMILES string of the molecule is Cc1nc(CNC(=O)[C@H]2CSCN2C(=O)Nc2cccc(Br)c2)cs1. The largest absolute Gasteiger partial charge is 0.349 e. The maximum absolute atomic E-state index is 12.5. The standard InChI is InChI=1S/C16H17BrN4O2S2/c1-10-19-13(7-25-10)6-18-15(22)14-8-24-9-21(14)16(23)20-12-4-2-3-11(17)5-12/h2-5,7,14H,6,8-9H2,1H3,(H,18,22)(H,20,23)/t14-/m1/s1. The summed E-state index contributed by atoms with van der Waals surface area (Å²) < 4.78 is 0.883. The number of nitrogens with zero attached hydrogens (tertiary/aromatic N) is 2. The molecule has 3 amide bonds. The van der Waals surface area contributed by atoms with Crippen molar-refractivity contribution in [3.05, 3.63) is 44.8 Å². The third-order valence-corrected chi connectivity index (χ3v) is 5.96. The number of aromatic nitrogens is 1. The Labute approximate surface area is 162 Å². The van der Waals surface area contributed by atoms with E-state index < -0.39 is 6.04 Å². The van der Waals surface area contributed by atoms with Gasteiger partial charge in [-0.2, -0.15) is 0 Å². The van der Waals surface area contributed by atoms with Crippen LogP contribution in [0.25, 0.3) is 0 Å². The number of carbonyl (C=O) groups excluding carboxylic acids is 2. The zero-order valence-electron chi connectivity index (χ0n) is 13.5. The average molecular weight is 441 g/mol. The highest BCUT2D eigenvalue weighted by Crippen LogP contribution is 2.23. The first-order chi connectivity index (χ1) is 12.0. The summed E-state index contributed by atoms with van der Waals surface area (Å²) >= 11 is 6.50. The van der Waals surface area contributed by atoms with Crippen LogP contribution in [-0.2, 0) is 11.3 Å². The first-order valence-corrected chi connectivity index (χ1v) is 10.5. The monoisotopic (exact) mass is 440 g/mol. The fourth-order valence-corrected chi connectivity index (χ4v) is 4.57. The minimum atomic E-state index is -0.475. The van der Waals surface area contributed by atoms with Gasteiger partial charge < -0.3 is 15.5 Å². The number of amides is 3. The topological polar surface area (TPSA) is 74.3 Å². The first kappa shape index (κ1) is 18.2. The number of hydrogen-bond donors (Lipinski definition) is 2. The third-order valence-electron chi connectivity index (χ3n) is 3.63. The van der Waals surface area contributed by atoms with Gasteiger partial charge in [0.05, 0.1) is 23.1 Å². The van der Waals surface area contributed by atoms with Crippen LogP contribution < -0.4 is 10.6 Å². The zero-order valence-corrected chi connectivity index (χ0v) is 16.7. The lowest BCUT2D eigenvalue weighted by Gasteiger charge is -2.23. The van der Waals surface area contributed by atoms with Crippen LogP contribution in [-0.4, -0.2) is 39.5 Å². The Kier molecular flexibility index (Phi) is 5.98. The molecule has 2 heterocycles. The molecule has 1 atom stereocenters. The van der Waals surface area contributed by atoms with Crippen molar-refractivity contribution in [2.45, 2.75) is 19.5 Å². The number of halogens is 1. The van der Waals surface area contributed by atoms with E-state index in [1.165, 1.54) is 0 Å². The van der Waals surface area contributed by atoms with Crippen molar-refractivity contribution in [2.24, 2.45) is 0 Å². The van der Waals surface area contributed by atoms with Crippen molar-refractivity contribution in [1.29, 1.82) is 0 Å². The van der Waals surface area contributed by atoms with Crippen LogP contribution in [0.2, 0.25) is 0 Å². The average Bonchev–Trinajstić information content (AvgIpc) is 3.21. The second-order valence-corrected chi connectivity index (χ2v) is 8.48. The van der Waals surface area contributed by atoms with Gasteiger partial charge in [0.15, 0.2) is 0 Å². The van der Waals surface area contributed by atoms with Crippen LogP contribution in [0, 0.1) is 6.92 Å². The lowest BCUT2D eigenvalue weighted by atomic mass is 10.2. The van der Waals surface area contributed by atoms with E-state index in [9.17, 15) is 9.59 Å². The van der Waals surface area contributed by atoms with E-state index in [0.29, 0.717) is 23.9 Å². The van der Waals surface area contributed by atoms with Gasteiger partial charge in [-0.05, 0) is 25.1 Å². The van der Waals surface area contributed by atoms with Crippen LogP contribution in [0.15, 0.2) is 34.1 Å². The molecule has 1 saturated heterocycles. The number of anilines is 1. The fraction of sp³-hybridized carbons (Fsp3) is 0.312. The number of aryl methyl sites for hydroxylation is 1. The van der Waals surface area contributed by atoms with Gasteiger partial charge in [-0.25, -0.2) is 9.78 Å². The quantitative estimate of drug-likeness (QED) is 0.763. The molecule has 25 heavy (non-hydrogen) atoms. The van der Waals surface area contributed by atoms with Gasteiger partial charge in [-0.3, -0.25) is 4.79 Å². The second-order valence-electron chi connectivity index (χ2n) is 5.50. The summed E-state index contributed by atoms with van der Waals surface area (Å²) in [6.45, 7) is 2.31. The molecule has 132 valence electrons. The molecule has 1 aromatic carbocycles. The molecule has 6 nitrogen and oxygen atoms in total. The van der Waals surface area contributed by atoms with Crippen LogP contribution in [0.1, 0.15) is 10.7 Å². The second kappa shape index (κ2) is 8.20. The molecule has 0 unspecified atom stereocenters. The number of thioether (sulfide) groups is 1. The van der Waals surface area contributed by atoms with E-state index in [1.54, 1.807) is 28.0 Å². The summed E-state index contributed by atoms with van der Waals surface area (Å²) in [7, 11) is 0. The molecule has 0 aliphatic carbocycles. The summed E-state index contributed by atoms with van der Waals surface area (Å²) in [5.41, 5.74) is 1.53. The number of benzene rings is 1. The molecule has 0 saturated carbocycles. The van der Waals surface area contributed by atoms with Gasteiger partial charge in [0.2, 0.25) is 5.91 Å². The Balaban J connectivity index is 1.59. The summed E-state index contributed by atoms with van der Waals surface area (Å²) in [5.74, 6) is 0.932. The first-order valence-electron chi connectivity index (χ1n) is 7.62. The Morgan fingerprint density at radius 1 is 1.44 bits per heavy atom. The third kappa shape index (κ3) is 4.74. The molecule has 0 spiro atoms.